The zero-order valence-corrected chi connectivity index (χ0v) is 15.4. The third-order valence-electron chi connectivity index (χ3n) is 3.69. The highest BCUT2D eigenvalue weighted by Crippen LogP contribution is 2.28. The summed E-state index contributed by atoms with van der Waals surface area (Å²) in [6.07, 6.45) is 2.73. The lowest BCUT2D eigenvalue weighted by molar-refractivity contribution is -0.384. The molecule has 1 N–H and O–H groups in total. The van der Waals surface area contributed by atoms with Crippen LogP contribution in [0.3, 0.4) is 0 Å². The van der Waals surface area contributed by atoms with Crippen molar-refractivity contribution in [2.75, 3.05) is 12.4 Å². The minimum Gasteiger partial charge on any atom is -0.494 e. The van der Waals surface area contributed by atoms with Crippen LogP contribution in [0.15, 0.2) is 53.9 Å². The fraction of sp³-hybridized carbons (Fsp3) is 0.0526. The second kappa shape index (κ2) is 8.40. The molecule has 7 nitrogen and oxygen atoms in total. The minimum atomic E-state index is -0.503. The van der Waals surface area contributed by atoms with Gasteiger partial charge >= 0.3 is 0 Å². The SMILES string of the molecule is COc1ccc(-c2csc(NC(=O)/C=C/c3cccc([N+](=O)[O-])c3)n2)cc1F. The molecule has 0 saturated carbocycles. The fourth-order valence-electron chi connectivity index (χ4n) is 2.35. The number of rotatable bonds is 6. The number of thiazole rings is 1. The van der Waals surface area contributed by atoms with Gasteiger partial charge in [0.05, 0.1) is 17.7 Å². The molecular weight excluding hydrogens is 385 g/mol. The van der Waals surface area contributed by atoms with Gasteiger partial charge in [0.25, 0.3) is 5.69 Å². The largest absolute Gasteiger partial charge is 0.494 e. The molecule has 1 heterocycles. The monoisotopic (exact) mass is 399 g/mol. The smallest absolute Gasteiger partial charge is 0.270 e. The number of hydrogen-bond acceptors (Lipinski definition) is 6. The van der Waals surface area contributed by atoms with Crippen molar-refractivity contribution in [2.45, 2.75) is 0 Å². The molecule has 9 heteroatoms. The van der Waals surface area contributed by atoms with Gasteiger partial charge in [-0.05, 0) is 29.8 Å². The average molecular weight is 399 g/mol. The minimum absolute atomic E-state index is 0.0566. The van der Waals surface area contributed by atoms with E-state index < -0.39 is 16.6 Å². The molecule has 0 aliphatic heterocycles. The molecule has 2 aromatic carbocycles. The molecule has 0 bridgehead atoms. The Morgan fingerprint density at radius 2 is 2.14 bits per heavy atom. The van der Waals surface area contributed by atoms with Crippen LogP contribution < -0.4 is 10.1 Å². The molecule has 0 aliphatic carbocycles. The molecule has 28 heavy (non-hydrogen) atoms. The summed E-state index contributed by atoms with van der Waals surface area (Å²) < 4.78 is 18.7. The summed E-state index contributed by atoms with van der Waals surface area (Å²) in [4.78, 5) is 26.6. The first-order chi connectivity index (χ1) is 13.5. The molecule has 142 valence electrons. The Labute approximate surface area is 163 Å². The number of carbonyl (C=O) groups is 1. The molecule has 0 aliphatic rings. The molecule has 1 aromatic heterocycles. The normalized spacial score (nSPS) is 10.8. The highest BCUT2D eigenvalue weighted by atomic mass is 32.1. The lowest BCUT2D eigenvalue weighted by Gasteiger charge is -2.03. The second-order valence-corrected chi connectivity index (χ2v) is 6.42. The summed E-state index contributed by atoms with van der Waals surface area (Å²) in [6.45, 7) is 0. The van der Waals surface area contributed by atoms with Crippen LogP contribution in [-0.2, 0) is 4.79 Å². The van der Waals surface area contributed by atoms with Gasteiger partial charge in [0.1, 0.15) is 0 Å². The Hall–Kier alpha value is -3.59. The number of carbonyl (C=O) groups excluding carboxylic acids is 1. The van der Waals surface area contributed by atoms with E-state index in [-0.39, 0.29) is 11.4 Å². The molecule has 0 fully saturated rings. The van der Waals surface area contributed by atoms with E-state index in [0.29, 0.717) is 22.0 Å². The number of aromatic nitrogens is 1. The van der Waals surface area contributed by atoms with Crippen molar-refractivity contribution in [3.8, 4) is 17.0 Å². The maximum absolute atomic E-state index is 13.8. The number of nitrogens with zero attached hydrogens (tertiary/aromatic N) is 2. The third kappa shape index (κ3) is 4.57. The quantitative estimate of drug-likeness (QED) is 0.374. The lowest BCUT2D eigenvalue weighted by Crippen LogP contribution is -2.07. The van der Waals surface area contributed by atoms with Crippen molar-refractivity contribution in [1.82, 2.24) is 4.98 Å². The maximum Gasteiger partial charge on any atom is 0.270 e. The van der Waals surface area contributed by atoms with Crippen LogP contribution in [0, 0.1) is 15.9 Å². The summed E-state index contributed by atoms with van der Waals surface area (Å²) >= 11 is 1.20. The first kappa shape index (κ1) is 19.2. The first-order valence-corrected chi connectivity index (χ1v) is 8.87. The van der Waals surface area contributed by atoms with Gasteiger partial charge in [0.15, 0.2) is 16.7 Å². The number of methoxy groups -OCH3 is 1. The zero-order chi connectivity index (χ0) is 20.1. The predicted molar refractivity (Wildman–Crippen MR) is 105 cm³/mol. The molecule has 0 radical (unpaired) electrons. The number of anilines is 1. The van der Waals surface area contributed by atoms with Crippen molar-refractivity contribution in [3.63, 3.8) is 0 Å². The number of benzene rings is 2. The van der Waals surface area contributed by atoms with E-state index in [2.05, 4.69) is 10.3 Å². The van der Waals surface area contributed by atoms with Crippen molar-refractivity contribution in [2.24, 2.45) is 0 Å². The van der Waals surface area contributed by atoms with Crippen LogP contribution in [0.4, 0.5) is 15.2 Å². The Morgan fingerprint density at radius 1 is 1.32 bits per heavy atom. The summed E-state index contributed by atoms with van der Waals surface area (Å²) in [5.41, 5.74) is 1.54. The number of non-ortho nitro benzene ring substituents is 1. The third-order valence-corrected chi connectivity index (χ3v) is 4.45. The molecular formula is C19H14FN3O4S. The van der Waals surface area contributed by atoms with Gasteiger partial charge in [0, 0.05) is 29.2 Å². The van der Waals surface area contributed by atoms with Crippen molar-refractivity contribution < 1.29 is 18.8 Å². The van der Waals surface area contributed by atoms with Gasteiger partial charge in [-0.2, -0.15) is 0 Å². The molecule has 3 aromatic rings. The van der Waals surface area contributed by atoms with Crippen LogP contribution in [0.25, 0.3) is 17.3 Å². The second-order valence-electron chi connectivity index (χ2n) is 5.56. The van der Waals surface area contributed by atoms with E-state index in [1.165, 1.54) is 60.9 Å². The van der Waals surface area contributed by atoms with Crippen LogP contribution in [0.2, 0.25) is 0 Å². The van der Waals surface area contributed by atoms with E-state index in [9.17, 15) is 19.3 Å². The molecule has 3 rings (SSSR count). The van der Waals surface area contributed by atoms with Crippen LogP contribution in [-0.4, -0.2) is 22.9 Å². The van der Waals surface area contributed by atoms with Gasteiger partial charge < -0.3 is 4.74 Å². The Morgan fingerprint density at radius 3 is 2.86 bits per heavy atom. The van der Waals surface area contributed by atoms with E-state index >= 15 is 0 Å². The Balaban J connectivity index is 1.68. The molecule has 0 saturated heterocycles. The van der Waals surface area contributed by atoms with Gasteiger partial charge in [0.2, 0.25) is 5.91 Å². The number of amides is 1. The highest BCUT2D eigenvalue weighted by Gasteiger charge is 2.10. The van der Waals surface area contributed by atoms with Gasteiger partial charge in [-0.3, -0.25) is 20.2 Å². The molecule has 1 amide bonds. The summed E-state index contributed by atoms with van der Waals surface area (Å²) in [5, 5.41) is 15.4. The van der Waals surface area contributed by atoms with Gasteiger partial charge in [-0.15, -0.1) is 11.3 Å². The highest BCUT2D eigenvalue weighted by molar-refractivity contribution is 7.14. The number of halogens is 1. The van der Waals surface area contributed by atoms with E-state index in [1.54, 1.807) is 17.5 Å². The van der Waals surface area contributed by atoms with Crippen molar-refractivity contribution in [3.05, 3.63) is 75.4 Å². The number of nitro groups is 1. The van der Waals surface area contributed by atoms with Crippen LogP contribution in [0.1, 0.15) is 5.56 Å². The average Bonchev–Trinajstić information content (AvgIpc) is 3.15. The van der Waals surface area contributed by atoms with Crippen LogP contribution >= 0.6 is 11.3 Å². The number of ether oxygens (including phenoxy) is 1. The molecule has 0 unspecified atom stereocenters. The van der Waals surface area contributed by atoms with Gasteiger partial charge in [-0.1, -0.05) is 12.1 Å². The van der Waals surface area contributed by atoms with Crippen molar-refractivity contribution in [1.29, 1.82) is 0 Å². The van der Waals surface area contributed by atoms with Gasteiger partial charge in [-0.25, -0.2) is 9.37 Å². The summed E-state index contributed by atoms with van der Waals surface area (Å²) in [7, 11) is 1.38. The number of nitro benzene ring substituents is 1. The first-order valence-electron chi connectivity index (χ1n) is 7.99. The van der Waals surface area contributed by atoms with E-state index in [1.807, 2.05) is 0 Å². The predicted octanol–water partition coefficient (Wildman–Crippen LogP) is 4.52. The zero-order valence-electron chi connectivity index (χ0n) is 14.6. The number of hydrogen-bond donors (Lipinski definition) is 1. The lowest BCUT2D eigenvalue weighted by atomic mass is 10.1. The number of nitrogens with one attached hydrogen (secondary N) is 1. The Bertz CT molecular complexity index is 1060. The summed E-state index contributed by atoms with van der Waals surface area (Å²) in [5.74, 6) is -0.800. The topological polar surface area (TPSA) is 94.4 Å². The van der Waals surface area contributed by atoms with E-state index in [0.717, 1.165) is 0 Å². The van der Waals surface area contributed by atoms with E-state index in [4.69, 9.17) is 4.74 Å². The Kier molecular flexibility index (Phi) is 5.75. The van der Waals surface area contributed by atoms with Crippen LogP contribution in [0.5, 0.6) is 5.75 Å². The maximum atomic E-state index is 13.8. The van der Waals surface area contributed by atoms with Crippen molar-refractivity contribution >= 4 is 34.1 Å². The summed E-state index contributed by atoms with van der Waals surface area (Å²) in [6, 6.07) is 10.4. The molecule has 0 spiro atoms. The standard InChI is InChI=1S/C19H14FN3O4S/c1-27-17-7-6-13(10-15(17)20)16-11-28-19(21-16)22-18(24)8-5-12-3-2-4-14(9-12)23(25)26/h2-11H,1H3,(H,21,22,24)/b8-5+. The molecule has 0 atom stereocenters. The fourth-order valence-corrected chi connectivity index (χ4v) is 3.07.